The SMILES string of the molecule is CCCCCCCCCC(=O)N[C@H]1CN[C@H](C(=O)O)C1. The largest absolute Gasteiger partial charge is 0.480 e. The molecule has 0 radical (unpaired) electrons. The quantitative estimate of drug-likeness (QED) is 0.537. The second kappa shape index (κ2) is 9.75. The first kappa shape index (κ1) is 17.0. The van der Waals surface area contributed by atoms with Gasteiger partial charge in [0, 0.05) is 19.0 Å². The van der Waals surface area contributed by atoms with Crippen molar-refractivity contribution in [1.29, 1.82) is 0 Å². The smallest absolute Gasteiger partial charge is 0.320 e. The van der Waals surface area contributed by atoms with Crippen molar-refractivity contribution in [3.63, 3.8) is 0 Å². The van der Waals surface area contributed by atoms with E-state index >= 15 is 0 Å². The number of carbonyl (C=O) groups is 2. The zero-order valence-electron chi connectivity index (χ0n) is 12.5. The molecule has 1 fully saturated rings. The standard InChI is InChI=1S/C15H28N2O3/c1-2-3-4-5-6-7-8-9-14(18)17-12-10-13(15(19)20)16-11-12/h12-13,16H,2-11H2,1H3,(H,17,18)(H,19,20)/t12-,13+/m1/s1. The van der Waals surface area contributed by atoms with Gasteiger partial charge in [-0.3, -0.25) is 9.59 Å². The molecule has 0 aromatic rings. The second-order valence-corrected chi connectivity index (χ2v) is 5.67. The van der Waals surface area contributed by atoms with Crippen LogP contribution in [-0.4, -0.2) is 35.6 Å². The number of carbonyl (C=O) groups excluding carboxylic acids is 1. The summed E-state index contributed by atoms with van der Waals surface area (Å²) < 4.78 is 0. The fourth-order valence-electron chi connectivity index (χ4n) is 2.58. The van der Waals surface area contributed by atoms with Crippen LogP contribution in [0.5, 0.6) is 0 Å². The molecule has 0 aromatic heterocycles. The molecule has 5 nitrogen and oxygen atoms in total. The molecule has 0 saturated carbocycles. The van der Waals surface area contributed by atoms with Gasteiger partial charge in [-0.15, -0.1) is 0 Å². The molecule has 1 rings (SSSR count). The lowest BCUT2D eigenvalue weighted by Crippen LogP contribution is -2.35. The van der Waals surface area contributed by atoms with E-state index in [0.717, 1.165) is 12.8 Å². The number of aliphatic carboxylic acids is 1. The number of unbranched alkanes of at least 4 members (excludes halogenated alkanes) is 6. The highest BCUT2D eigenvalue weighted by atomic mass is 16.4. The fourth-order valence-corrected chi connectivity index (χ4v) is 2.58. The predicted molar refractivity (Wildman–Crippen MR) is 78.6 cm³/mol. The molecule has 0 spiro atoms. The first-order valence-corrected chi connectivity index (χ1v) is 7.89. The summed E-state index contributed by atoms with van der Waals surface area (Å²) in [6, 6.07) is -0.549. The van der Waals surface area contributed by atoms with Gasteiger partial charge in [-0.25, -0.2) is 0 Å². The monoisotopic (exact) mass is 284 g/mol. The van der Waals surface area contributed by atoms with Crippen LogP contribution in [0.15, 0.2) is 0 Å². The molecule has 116 valence electrons. The summed E-state index contributed by atoms with van der Waals surface area (Å²) in [6.45, 7) is 2.76. The predicted octanol–water partition coefficient (Wildman–Crippen LogP) is 2.06. The summed E-state index contributed by atoms with van der Waals surface area (Å²) in [6.07, 6.45) is 9.42. The average molecular weight is 284 g/mol. The number of hydrogen-bond donors (Lipinski definition) is 3. The van der Waals surface area contributed by atoms with Gasteiger partial charge < -0.3 is 15.7 Å². The molecule has 5 heteroatoms. The lowest BCUT2D eigenvalue weighted by Gasteiger charge is -2.11. The molecule has 0 aromatic carbocycles. The van der Waals surface area contributed by atoms with Gasteiger partial charge in [0.15, 0.2) is 0 Å². The molecule has 1 aliphatic rings. The Balaban J connectivity index is 2.00. The van der Waals surface area contributed by atoms with Crippen molar-refractivity contribution in [3.8, 4) is 0 Å². The molecule has 0 unspecified atom stereocenters. The van der Waals surface area contributed by atoms with Gasteiger partial charge >= 0.3 is 5.97 Å². The minimum Gasteiger partial charge on any atom is -0.480 e. The van der Waals surface area contributed by atoms with Gasteiger partial charge in [-0.05, 0) is 12.8 Å². The third-order valence-corrected chi connectivity index (χ3v) is 3.80. The third-order valence-electron chi connectivity index (χ3n) is 3.80. The molecule has 3 N–H and O–H groups in total. The van der Waals surface area contributed by atoms with Crippen LogP contribution in [0.4, 0.5) is 0 Å². The molecule has 20 heavy (non-hydrogen) atoms. The first-order valence-electron chi connectivity index (χ1n) is 7.89. The van der Waals surface area contributed by atoms with Crippen molar-refractivity contribution >= 4 is 11.9 Å². The van der Waals surface area contributed by atoms with Gasteiger partial charge in [0.1, 0.15) is 6.04 Å². The van der Waals surface area contributed by atoms with Gasteiger partial charge in [0.25, 0.3) is 0 Å². The van der Waals surface area contributed by atoms with E-state index in [0.29, 0.717) is 19.4 Å². The van der Waals surface area contributed by atoms with Gasteiger partial charge in [-0.1, -0.05) is 45.4 Å². The highest BCUT2D eigenvalue weighted by Gasteiger charge is 2.29. The number of rotatable bonds is 10. The maximum Gasteiger partial charge on any atom is 0.320 e. The Morgan fingerprint density at radius 3 is 2.40 bits per heavy atom. The van der Waals surface area contributed by atoms with E-state index in [-0.39, 0.29) is 11.9 Å². The van der Waals surface area contributed by atoms with E-state index in [1.54, 1.807) is 0 Å². The second-order valence-electron chi connectivity index (χ2n) is 5.67. The minimum absolute atomic E-state index is 0.0341. The zero-order chi connectivity index (χ0) is 14.8. The van der Waals surface area contributed by atoms with Crippen molar-refractivity contribution in [1.82, 2.24) is 10.6 Å². The highest BCUT2D eigenvalue weighted by Crippen LogP contribution is 2.10. The average Bonchev–Trinajstić information content (AvgIpc) is 2.86. The topological polar surface area (TPSA) is 78.4 Å². The number of carboxylic acid groups (broad SMARTS) is 1. The molecule has 2 atom stereocenters. The van der Waals surface area contributed by atoms with E-state index in [1.807, 2.05) is 0 Å². The van der Waals surface area contributed by atoms with Crippen LogP contribution in [0, 0.1) is 0 Å². The summed E-state index contributed by atoms with van der Waals surface area (Å²) in [5.41, 5.74) is 0. The van der Waals surface area contributed by atoms with Crippen LogP contribution in [-0.2, 0) is 9.59 Å². The van der Waals surface area contributed by atoms with E-state index in [4.69, 9.17) is 5.11 Å². The van der Waals surface area contributed by atoms with E-state index in [2.05, 4.69) is 17.6 Å². The normalized spacial score (nSPS) is 21.9. The molecule has 1 amide bonds. The molecule has 0 aliphatic carbocycles. The zero-order valence-corrected chi connectivity index (χ0v) is 12.5. The van der Waals surface area contributed by atoms with Crippen molar-refractivity contribution in [2.24, 2.45) is 0 Å². The number of hydrogen-bond acceptors (Lipinski definition) is 3. The Kier molecular flexibility index (Phi) is 8.26. The first-order chi connectivity index (χ1) is 9.63. The summed E-state index contributed by atoms with van der Waals surface area (Å²) >= 11 is 0. The van der Waals surface area contributed by atoms with Crippen molar-refractivity contribution in [2.75, 3.05) is 6.54 Å². The van der Waals surface area contributed by atoms with Crippen LogP contribution >= 0.6 is 0 Å². The Hall–Kier alpha value is -1.10. The number of amides is 1. The van der Waals surface area contributed by atoms with Crippen LogP contribution in [0.3, 0.4) is 0 Å². The van der Waals surface area contributed by atoms with Gasteiger partial charge in [0.2, 0.25) is 5.91 Å². The Morgan fingerprint density at radius 2 is 1.80 bits per heavy atom. The van der Waals surface area contributed by atoms with E-state index in [1.165, 1.54) is 32.1 Å². The summed E-state index contributed by atoms with van der Waals surface area (Å²) in [5, 5.41) is 14.7. The van der Waals surface area contributed by atoms with Crippen LogP contribution < -0.4 is 10.6 Å². The number of nitrogens with one attached hydrogen (secondary N) is 2. The van der Waals surface area contributed by atoms with Crippen LogP contribution in [0.2, 0.25) is 0 Å². The Labute approximate surface area is 121 Å². The van der Waals surface area contributed by atoms with Crippen LogP contribution in [0.25, 0.3) is 0 Å². The summed E-state index contributed by atoms with van der Waals surface area (Å²) in [7, 11) is 0. The van der Waals surface area contributed by atoms with Gasteiger partial charge in [-0.2, -0.15) is 0 Å². The van der Waals surface area contributed by atoms with Gasteiger partial charge in [0.05, 0.1) is 0 Å². The van der Waals surface area contributed by atoms with Crippen molar-refractivity contribution < 1.29 is 14.7 Å². The van der Waals surface area contributed by atoms with E-state index < -0.39 is 12.0 Å². The maximum atomic E-state index is 11.7. The maximum absolute atomic E-state index is 11.7. The highest BCUT2D eigenvalue weighted by molar-refractivity contribution is 5.77. The summed E-state index contributed by atoms with van der Waals surface area (Å²) in [5.74, 6) is -0.787. The van der Waals surface area contributed by atoms with E-state index in [9.17, 15) is 9.59 Å². The van der Waals surface area contributed by atoms with Crippen molar-refractivity contribution in [3.05, 3.63) is 0 Å². The van der Waals surface area contributed by atoms with Crippen LogP contribution in [0.1, 0.15) is 64.7 Å². The molecule has 0 bridgehead atoms. The Bertz CT molecular complexity index is 307. The number of carboxylic acids is 1. The third kappa shape index (κ3) is 6.89. The lowest BCUT2D eigenvalue weighted by atomic mass is 10.1. The molecular weight excluding hydrogens is 256 g/mol. The molecule has 1 heterocycles. The minimum atomic E-state index is -0.839. The molecular formula is C15H28N2O3. The lowest BCUT2D eigenvalue weighted by molar-refractivity contribution is -0.139. The van der Waals surface area contributed by atoms with Crippen molar-refractivity contribution in [2.45, 2.75) is 76.8 Å². The molecule has 1 saturated heterocycles. The Morgan fingerprint density at radius 1 is 1.15 bits per heavy atom. The molecule has 1 aliphatic heterocycles. The fraction of sp³-hybridized carbons (Fsp3) is 0.867. The summed E-state index contributed by atoms with van der Waals surface area (Å²) in [4.78, 5) is 22.5.